The van der Waals surface area contributed by atoms with Crippen molar-refractivity contribution in [1.82, 2.24) is 4.90 Å². The Morgan fingerprint density at radius 2 is 1.70 bits per heavy atom. The lowest BCUT2D eigenvalue weighted by Crippen LogP contribution is -2.37. The summed E-state index contributed by atoms with van der Waals surface area (Å²) in [5.74, 6) is 0. The molecule has 1 aliphatic rings. The van der Waals surface area contributed by atoms with E-state index in [1.54, 1.807) is 0 Å². The van der Waals surface area contributed by atoms with Crippen molar-refractivity contribution in [3.05, 3.63) is 35.4 Å². The molecule has 0 bridgehead atoms. The Hall–Kier alpha value is -0.860. The monoisotopic (exact) mass is 274 g/mol. The molecule has 112 valence electrons. The van der Waals surface area contributed by atoms with Crippen molar-refractivity contribution in [3.8, 4) is 0 Å². The van der Waals surface area contributed by atoms with Gasteiger partial charge in [-0.15, -0.1) is 0 Å². The van der Waals surface area contributed by atoms with Gasteiger partial charge in [0.1, 0.15) is 0 Å². The normalized spacial score (nSPS) is 16.8. The SMILES string of the molecule is CCc1ccc(CN(CCCN)C2CCCCC2)cc1. The highest BCUT2D eigenvalue weighted by molar-refractivity contribution is 5.22. The average molecular weight is 274 g/mol. The number of rotatable bonds is 7. The van der Waals surface area contributed by atoms with Crippen LogP contribution in [0.15, 0.2) is 24.3 Å². The van der Waals surface area contributed by atoms with Crippen molar-refractivity contribution in [2.75, 3.05) is 13.1 Å². The summed E-state index contributed by atoms with van der Waals surface area (Å²) in [5, 5.41) is 0. The van der Waals surface area contributed by atoms with Gasteiger partial charge in [0.05, 0.1) is 0 Å². The molecule has 0 radical (unpaired) electrons. The third-order valence-corrected chi connectivity index (χ3v) is 4.56. The van der Waals surface area contributed by atoms with Gasteiger partial charge in [-0.3, -0.25) is 4.90 Å². The van der Waals surface area contributed by atoms with E-state index in [0.717, 1.165) is 38.5 Å². The molecule has 2 N–H and O–H groups in total. The van der Waals surface area contributed by atoms with Gasteiger partial charge >= 0.3 is 0 Å². The molecular formula is C18H30N2. The molecule has 2 rings (SSSR count). The zero-order valence-electron chi connectivity index (χ0n) is 13.0. The van der Waals surface area contributed by atoms with Crippen LogP contribution in [0.25, 0.3) is 0 Å². The third kappa shape index (κ3) is 4.60. The Bertz CT molecular complexity index is 366. The van der Waals surface area contributed by atoms with Crippen LogP contribution in [-0.2, 0) is 13.0 Å². The molecule has 0 spiro atoms. The zero-order valence-corrected chi connectivity index (χ0v) is 13.0. The highest BCUT2D eigenvalue weighted by Gasteiger charge is 2.20. The first-order valence-electron chi connectivity index (χ1n) is 8.35. The lowest BCUT2D eigenvalue weighted by atomic mass is 9.93. The first kappa shape index (κ1) is 15.5. The van der Waals surface area contributed by atoms with E-state index in [1.165, 1.54) is 43.2 Å². The van der Waals surface area contributed by atoms with Crippen molar-refractivity contribution < 1.29 is 0 Å². The Balaban J connectivity index is 1.97. The molecule has 20 heavy (non-hydrogen) atoms. The van der Waals surface area contributed by atoms with Crippen LogP contribution in [0.1, 0.15) is 56.6 Å². The Morgan fingerprint density at radius 3 is 2.30 bits per heavy atom. The summed E-state index contributed by atoms with van der Waals surface area (Å²) in [6.07, 6.45) is 9.21. The number of nitrogens with two attached hydrogens (primary N) is 1. The molecule has 1 aromatic rings. The Kier molecular flexibility index (Phi) is 6.55. The Labute approximate surface area is 124 Å². The van der Waals surface area contributed by atoms with Gasteiger partial charge in [0.15, 0.2) is 0 Å². The molecule has 0 amide bonds. The molecule has 0 saturated heterocycles. The number of hydrogen-bond donors (Lipinski definition) is 1. The van der Waals surface area contributed by atoms with Crippen molar-refractivity contribution in [2.24, 2.45) is 5.73 Å². The molecule has 2 heteroatoms. The number of nitrogens with zero attached hydrogens (tertiary/aromatic N) is 1. The molecule has 1 fully saturated rings. The van der Waals surface area contributed by atoms with Gasteiger partial charge in [0, 0.05) is 12.6 Å². The predicted molar refractivity (Wildman–Crippen MR) is 86.8 cm³/mol. The first-order chi connectivity index (χ1) is 9.83. The fraction of sp³-hybridized carbons (Fsp3) is 0.667. The minimum Gasteiger partial charge on any atom is -0.330 e. The highest BCUT2D eigenvalue weighted by Crippen LogP contribution is 2.24. The second kappa shape index (κ2) is 8.43. The van der Waals surface area contributed by atoms with E-state index in [-0.39, 0.29) is 0 Å². The highest BCUT2D eigenvalue weighted by atomic mass is 15.2. The van der Waals surface area contributed by atoms with E-state index in [2.05, 4.69) is 36.1 Å². The second-order valence-electron chi connectivity index (χ2n) is 6.07. The van der Waals surface area contributed by atoms with E-state index in [0.29, 0.717) is 0 Å². The summed E-state index contributed by atoms with van der Waals surface area (Å²) in [4.78, 5) is 2.67. The summed E-state index contributed by atoms with van der Waals surface area (Å²) in [5.41, 5.74) is 8.59. The molecule has 0 heterocycles. The summed E-state index contributed by atoms with van der Waals surface area (Å²) in [6, 6.07) is 9.93. The zero-order chi connectivity index (χ0) is 14.2. The van der Waals surface area contributed by atoms with E-state index in [1.807, 2.05) is 0 Å². The van der Waals surface area contributed by atoms with Crippen LogP contribution in [0.5, 0.6) is 0 Å². The van der Waals surface area contributed by atoms with Gasteiger partial charge < -0.3 is 5.73 Å². The van der Waals surface area contributed by atoms with Crippen molar-refractivity contribution >= 4 is 0 Å². The maximum absolute atomic E-state index is 5.71. The van der Waals surface area contributed by atoms with E-state index in [9.17, 15) is 0 Å². The molecule has 1 saturated carbocycles. The van der Waals surface area contributed by atoms with Crippen LogP contribution >= 0.6 is 0 Å². The number of hydrogen-bond acceptors (Lipinski definition) is 2. The number of aryl methyl sites for hydroxylation is 1. The molecular weight excluding hydrogens is 244 g/mol. The van der Waals surface area contributed by atoms with Gasteiger partial charge in [-0.1, -0.05) is 50.5 Å². The fourth-order valence-corrected chi connectivity index (χ4v) is 3.25. The molecule has 2 nitrogen and oxygen atoms in total. The quantitative estimate of drug-likeness (QED) is 0.821. The second-order valence-corrected chi connectivity index (χ2v) is 6.07. The molecule has 0 aliphatic heterocycles. The van der Waals surface area contributed by atoms with Crippen LogP contribution in [0.4, 0.5) is 0 Å². The summed E-state index contributed by atoms with van der Waals surface area (Å²) >= 11 is 0. The van der Waals surface area contributed by atoms with E-state index >= 15 is 0 Å². The Morgan fingerprint density at radius 1 is 1.05 bits per heavy atom. The van der Waals surface area contributed by atoms with Crippen LogP contribution in [-0.4, -0.2) is 24.0 Å². The van der Waals surface area contributed by atoms with Crippen LogP contribution in [0.3, 0.4) is 0 Å². The maximum Gasteiger partial charge on any atom is 0.0236 e. The summed E-state index contributed by atoms with van der Waals surface area (Å²) in [7, 11) is 0. The van der Waals surface area contributed by atoms with E-state index in [4.69, 9.17) is 5.73 Å². The largest absolute Gasteiger partial charge is 0.330 e. The van der Waals surface area contributed by atoms with Crippen molar-refractivity contribution in [2.45, 2.75) is 64.5 Å². The lowest BCUT2D eigenvalue weighted by Gasteiger charge is -2.34. The molecule has 0 aromatic heterocycles. The van der Waals surface area contributed by atoms with Crippen LogP contribution < -0.4 is 5.73 Å². The van der Waals surface area contributed by atoms with Gasteiger partial charge in [0.25, 0.3) is 0 Å². The van der Waals surface area contributed by atoms with Gasteiger partial charge in [-0.25, -0.2) is 0 Å². The minimum atomic E-state index is 0.779. The maximum atomic E-state index is 5.71. The minimum absolute atomic E-state index is 0.779. The first-order valence-corrected chi connectivity index (χ1v) is 8.35. The molecule has 0 unspecified atom stereocenters. The van der Waals surface area contributed by atoms with Gasteiger partial charge in [-0.2, -0.15) is 0 Å². The van der Waals surface area contributed by atoms with Gasteiger partial charge in [0.2, 0.25) is 0 Å². The van der Waals surface area contributed by atoms with E-state index < -0.39 is 0 Å². The van der Waals surface area contributed by atoms with Crippen LogP contribution in [0.2, 0.25) is 0 Å². The smallest absolute Gasteiger partial charge is 0.0236 e. The average Bonchev–Trinajstić information content (AvgIpc) is 2.53. The number of benzene rings is 1. The van der Waals surface area contributed by atoms with Crippen LogP contribution in [0, 0.1) is 0 Å². The van der Waals surface area contributed by atoms with Gasteiger partial charge in [-0.05, 0) is 49.9 Å². The van der Waals surface area contributed by atoms with Crippen molar-refractivity contribution in [3.63, 3.8) is 0 Å². The summed E-state index contributed by atoms with van der Waals surface area (Å²) < 4.78 is 0. The third-order valence-electron chi connectivity index (χ3n) is 4.56. The topological polar surface area (TPSA) is 29.3 Å². The summed E-state index contributed by atoms with van der Waals surface area (Å²) in [6.45, 7) is 5.26. The molecule has 1 aromatic carbocycles. The predicted octanol–water partition coefficient (Wildman–Crippen LogP) is 3.73. The standard InChI is InChI=1S/C18H30N2/c1-2-16-9-11-17(12-10-16)15-20(14-6-13-19)18-7-4-3-5-8-18/h9-12,18H,2-8,13-15,19H2,1H3. The fourth-order valence-electron chi connectivity index (χ4n) is 3.25. The lowest BCUT2D eigenvalue weighted by molar-refractivity contribution is 0.147. The molecule has 0 atom stereocenters. The van der Waals surface area contributed by atoms with Crippen molar-refractivity contribution in [1.29, 1.82) is 0 Å². The molecule has 1 aliphatic carbocycles.